The van der Waals surface area contributed by atoms with Crippen LogP contribution in [0.5, 0.6) is 5.75 Å². The first-order valence-electron chi connectivity index (χ1n) is 18.1. The van der Waals surface area contributed by atoms with E-state index in [0.29, 0.717) is 12.8 Å². The van der Waals surface area contributed by atoms with E-state index in [-0.39, 0.29) is 71.2 Å². The van der Waals surface area contributed by atoms with Crippen LogP contribution in [-0.4, -0.2) is 137 Å². The average molecular weight is 829 g/mol. The number of halogens is 4. The summed E-state index contributed by atoms with van der Waals surface area (Å²) in [6, 6.07) is -0.978. The number of Topliss-reactive ketones (excluding diaryl/α,β-unsaturated/α-hetero) is 1. The van der Waals surface area contributed by atoms with E-state index in [4.69, 9.17) is 42.6 Å². The quantitative estimate of drug-likeness (QED) is 0.0303. The molecule has 1 unspecified atom stereocenters. The fourth-order valence-electron chi connectivity index (χ4n) is 5.17. The molecule has 21 heteroatoms. The second-order valence-corrected chi connectivity index (χ2v) is 13.2. The minimum atomic E-state index is -1.87. The van der Waals surface area contributed by atoms with Gasteiger partial charge < -0.3 is 53.1 Å². The van der Waals surface area contributed by atoms with Crippen LogP contribution >= 0.6 is 0 Å². The lowest BCUT2D eigenvalue weighted by atomic mass is 9.96. The molecule has 0 aromatic heterocycles. The van der Waals surface area contributed by atoms with Crippen molar-refractivity contribution in [2.45, 2.75) is 103 Å². The molecule has 324 valence electrons. The van der Waals surface area contributed by atoms with Gasteiger partial charge in [0, 0.05) is 46.4 Å². The van der Waals surface area contributed by atoms with E-state index in [1.165, 1.54) is 13.8 Å². The topological polar surface area (TPSA) is 213 Å². The van der Waals surface area contributed by atoms with Crippen molar-refractivity contribution in [1.82, 2.24) is 10.6 Å². The Morgan fingerprint density at radius 2 is 1.40 bits per heavy atom. The van der Waals surface area contributed by atoms with Gasteiger partial charge in [0.25, 0.3) is 0 Å². The number of ketones is 1. The molecule has 1 heterocycles. The van der Waals surface area contributed by atoms with Crippen molar-refractivity contribution in [2.24, 2.45) is 0 Å². The van der Waals surface area contributed by atoms with Crippen LogP contribution in [-0.2, 0) is 61.9 Å². The summed E-state index contributed by atoms with van der Waals surface area (Å²) in [5.41, 5.74) is -1.87. The van der Waals surface area contributed by atoms with Gasteiger partial charge >= 0.3 is 17.9 Å². The van der Waals surface area contributed by atoms with E-state index in [1.54, 1.807) is 0 Å². The zero-order valence-corrected chi connectivity index (χ0v) is 32.7. The van der Waals surface area contributed by atoms with Crippen molar-refractivity contribution in [1.29, 1.82) is 0 Å². The maximum absolute atomic E-state index is 13.9. The number of carbonyl (C=O) groups excluding carboxylic acids is 5. The summed E-state index contributed by atoms with van der Waals surface area (Å²) in [5.74, 6) is -11.3. The third kappa shape index (κ3) is 17.6. The lowest BCUT2D eigenvalue weighted by Crippen LogP contribution is -2.67. The van der Waals surface area contributed by atoms with Gasteiger partial charge in [-0.2, -0.15) is 8.78 Å². The van der Waals surface area contributed by atoms with Crippen molar-refractivity contribution < 1.29 is 89.3 Å². The molecule has 1 aliphatic rings. The van der Waals surface area contributed by atoms with Crippen molar-refractivity contribution in [3.63, 3.8) is 0 Å². The Bertz CT molecular complexity index is 1460. The molecule has 3 N–H and O–H groups in total. The van der Waals surface area contributed by atoms with Gasteiger partial charge in [-0.3, -0.25) is 29.3 Å². The molecule has 0 radical (unpaired) electrons. The Balaban J connectivity index is 1.64. The molecule has 1 aromatic rings. The molecule has 0 spiro atoms. The average Bonchev–Trinajstić information content (AvgIpc) is 3.12. The minimum Gasteiger partial charge on any atom is -0.474 e. The van der Waals surface area contributed by atoms with Gasteiger partial charge in [0.05, 0.1) is 33.0 Å². The number of ether oxygens (including phenoxy) is 9. The molecule has 0 aliphatic carbocycles. The van der Waals surface area contributed by atoms with Gasteiger partial charge in [-0.15, -0.1) is 0 Å². The summed E-state index contributed by atoms with van der Waals surface area (Å²) >= 11 is 0. The molecule has 2 rings (SSSR count). The van der Waals surface area contributed by atoms with Gasteiger partial charge in [-0.25, -0.2) is 8.78 Å². The molecule has 6 atom stereocenters. The highest BCUT2D eigenvalue weighted by atomic mass is 19.2. The maximum atomic E-state index is 13.9. The van der Waals surface area contributed by atoms with Gasteiger partial charge in [-0.05, 0) is 33.6 Å². The number of aliphatic hydroxyl groups is 1. The van der Waals surface area contributed by atoms with Gasteiger partial charge in [0.15, 0.2) is 41.5 Å². The van der Waals surface area contributed by atoms with E-state index in [2.05, 4.69) is 10.6 Å². The lowest BCUT2D eigenvalue weighted by molar-refractivity contribution is -0.281. The van der Waals surface area contributed by atoms with Crippen LogP contribution in [0.25, 0.3) is 0 Å². The third-order valence-electron chi connectivity index (χ3n) is 7.86. The maximum Gasteiger partial charge on any atom is 0.303 e. The number of hydrogen-bond acceptors (Lipinski definition) is 16. The van der Waals surface area contributed by atoms with Crippen LogP contribution in [0.2, 0.25) is 0 Å². The number of esters is 3. The summed E-state index contributed by atoms with van der Waals surface area (Å²) in [5, 5.41) is 15.6. The van der Waals surface area contributed by atoms with Gasteiger partial charge in [0.1, 0.15) is 31.6 Å². The van der Waals surface area contributed by atoms with E-state index < -0.39 is 102 Å². The van der Waals surface area contributed by atoms with Crippen molar-refractivity contribution in [2.75, 3.05) is 59.4 Å². The first kappa shape index (κ1) is 49.2. The zero-order valence-electron chi connectivity index (χ0n) is 32.7. The van der Waals surface area contributed by atoms with E-state index >= 15 is 0 Å². The molecular weight excluding hydrogens is 776 g/mol. The monoisotopic (exact) mass is 828 g/mol. The van der Waals surface area contributed by atoms with Crippen molar-refractivity contribution in [3.05, 3.63) is 29.3 Å². The fourth-order valence-corrected chi connectivity index (χ4v) is 5.17. The minimum absolute atomic E-state index is 0.0252. The predicted octanol–water partition coefficient (Wildman–Crippen LogP) is 1.77. The number of amides is 1. The van der Waals surface area contributed by atoms with Crippen LogP contribution in [0, 0.1) is 23.3 Å². The summed E-state index contributed by atoms with van der Waals surface area (Å²) in [6.07, 6.45) is -4.75. The normalized spacial score (nSPS) is 20.0. The summed E-state index contributed by atoms with van der Waals surface area (Å²) < 4.78 is 103. The van der Waals surface area contributed by atoms with Crippen molar-refractivity contribution >= 4 is 29.6 Å². The van der Waals surface area contributed by atoms with Crippen LogP contribution in [0.15, 0.2) is 6.07 Å². The van der Waals surface area contributed by atoms with E-state index in [1.807, 2.05) is 0 Å². The van der Waals surface area contributed by atoms with Crippen LogP contribution in [0.4, 0.5) is 17.6 Å². The van der Waals surface area contributed by atoms with Crippen molar-refractivity contribution in [3.8, 4) is 5.75 Å². The zero-order chi connectivity index (χ0) is 42.7. The highest BCUT2D eigenvalue weighted by Crippen LogP contribution is 2.31. The molecular formula is C36H52F4N2O15. The summed E-state index contributed by atoms with van der Waals surface area (Å²) in [7, 11) is 0. The van der Waals surface area contributed by atoms with Gasteiger partial charge in [0.2, 0.25) is 23.3 Å². The predicted molar refractivity (Wildman–Crippen MR) is 186 cm³/mol. The van der Waals surface area contributed by atoms with Crippen LogP contribution in [0.3, 0.4) is 0 Å². The molecule has 1 saturated heterocycles. The molecule has 0 saturated carbocycles. The number of aliphatic hydroxyl groups excluding tert-OH is 1. The molecule has 1 amide bonds. The molecule has 57 heavy (non-hydrogen) atoms. The second-order valence-electron chi connectivity index (χ2n) is 13.2. The second kappa shape index (κ2) is 24.7. The Kier molecular flexibility index (Phi) is 21.3. The first-order chi connectivity index (χ1) is 26.8. The highest BCUT2D eigenvalue weighted by Gasteiger charge is 2.51. The summed E-state index contributed by atoms with van der Waals surface area (Å²) in [6.45, 7) is 7.23. The molecule has 1 aromatic carbocycles. The fraction of sp³-hybridized carbons (Fsp3) is 0.694. The molecule has 17 nitrogen and oxygen atoms in total. The Labute approximate surface area is 327 Å². The highest BCUT2D eigenvalue weighted by molar-refractivity contribution is 5.88. The SMILES string of the molecule is CC(=O)OC[C@H]1O[C@@H](OCCCCC(=O)NCCOCCOCCOCC(=O)C(C)(C)Oc2c(F)c(F)cc(F)c2F)[C@H](NC(C)O)[C@@H](OC(C)=O)[C@H]1OC(C)=O. The van der Waals surface area contributed by atoms with E-state index in [9.17, 15) is 46.6 Å². The number of carbonyl (C=O) groups is 5. The van der Waals surface area contributed by atoms with Crippen LogP contribution < -0.4 is 15.4 Å². The number of unbranched alkanes of at least 4 members (excludes halogenated alkanes) is 1. The smallest absolute Gasteiger partial charge is 0.303 e. The Morgan fingerprint density at radius 1 is 0.825 bits per heavy atom. The molecule has 1 aliphatic heterocycles. The lowest BCUT2D eigenvalue weighted by Gasteiger charge is -2.45. The number of benzene rings is 1. The Hall–Kier alpha value is -3.99. The standard InChI is InChI=1S/C36H52F4N2O15/c1-20(43)42-31-34(55-23(4)46)32(54-22(3)45)26(18-53-21(2)44)56-35(31)52-11-8-7-9-28(48)41-10-12-49-13-14-50-15-16-51-19-27(47)36(5,6)57-33-29(39)24(37)17-25(38)30(33)40/h17,20,26,31-32,34-35,42-43H,7-16,18-19H2,1-6H3,(H,41,48)/t20?,26-,31-,32+,34-,35-/m1/s1. The third-order valence-corrected chi connectivity index (χ3v) is 7.86. The molecule has 1 fully saturated rings. The Morgan fingerprint density at radius 3 is 1.98 bits per heavy atom. The largest absolute Gasteiger partial charge is 0.474 e. The van der Waals surface area contributed by atoms with E-state index in [0.717, 1.165) is 27.7 Å². The van der Waals surface area contributed by atoms with Gasteiger partial charge in [-0.1, -0.05) is 0 Å². The number of rotatable bonds is 26. The first-order valence-corrected chi connectivity index (χ1v) is 18.1. The molecule has 0 bridgehead atoms. The number of nitrogens with one attached hydrogen (secondary N) is 2. The summed E-state index contributed by atoms with van der Waals surface area (Å²) in [4.78, 5) is 60.1. The van der Waals surface area contributed by atoms with Crippen LogP contribution in [0.1, 0.15) is 60.8 Å². The number of hydrogen-bond donors (Lipinski definition) is 3.